The molecule has 0 saturated carbocycles. The standard InChI is InChI=1S/C18H19NO2/c1-2-13-7-4-6-10-16(13)21-17-12-11-14-8-3-5-9-15(14)19-18(17)20/h3-10,17H,2,11-12H2,1H3,(H,19,20). The van der Waals surface area contributed by atoms with Crippen LogP contribution in [0.5, 0.6) is 5.75 Å². The second-order valence-electron chi connectivity index (χ2n) is 5.25. The predicted octanol–water partition coefficient (Wildman–Crippen LogP) is 3.58. The van der Waals surface area contributed by atoms with Gasteiger partial charge in [0.05, 0.1) is 0 Å². The van der Waals surface area contributed by atoms with Crippen LogP contribution in [-0.4, -0.2) is 12.0 Å². The Kier molecular flexibility index (Phi) is 3.91. The summed E-state index contributed by atoms with van der Waals surface area (Å²) in [5.41, 5.74) is 3.20. The lowest BCUT2D eigenvalue weighted by Gasteiger charge is -2.18. The molecule has 0 aliphatic carbocycles. The third-order valence-corrected chi connectivity index (χ3v) is 3.87. The van der Waals surface area contributed by atoms with Gasteiger partial charge in [0.1, 0.15) is 5.75 Å². The fraction of sp³-hybridized carbons (Fsp3) is 0.278. The Balaban J connectivity index is 1.80. The molecule has 1 N–H and O–H groups in total. The first-order chi connectivity index (χ1) is 10.3. The first kappa shape index (κ1) is 13.7. The van der Waals surface area contributed by atoms with Crippen LogP contribution in [0.25, 0.3) is 0 Å². The van der Waals surface area contributed by atoms with Crippen LogP contribution in [0.15, 0.2) is 48.5 Å². The van der Waals surface area contributed by atoms with Crippen molar-refractivity contribution in [3.8, 4) is 5.75 Å². The zero-order valence-electron chi connectivity index (χ0n) is 12.1. The van der Waals surface area contributed by atoms with Gasteiger partial charge in [0.15, 0.2) is 6.10 Å². The molecule has 1 aliphatic rings. The number of carbonyl (C=O) groups is 1. The highest BCUT2D eigenvalue weighted by molar-refractivity contribution is 5.95. The number of aryl methyl sites for hydroxylation is 2. The Morgan fingerprint density at radius 1 is 1.14 bits per heavy atom. The Hall–Kier alpha value is -2.29. The maximum atomic E-state index is 12.3. The molecule has 2 aromatic rings. The largest absolute Gasteiger partial charge is 0.480 e. The minimum atomic E-state index is -0.440. The maximum Gasteiger partial charge on any atom is 0.265 e. The van der Waals surface area contributed by atoms with E-state index in [9.17, 15) is 4.79 Å². The summed E-state index contributed by atoms with van der Waals surface area (Å²) in [6, 6.07) is 15.8. The van der Waals surface area contributed by atoms with E-state index in [1.807, 2.05) is 42.5 Å². The first-order valence-electron chi connectivity index (χ1n) is 7.41. The van der Waals surface area contributed by atoms with Gasteiger partial charge < -0.3 is 10.1 Å². The predicted molar refractivity (Wildman–Crippen MR) is 83.6 cm³/mol. The average Bonchev–Trinajstić information content (AvgIpc) is 2.67. The number of carbonyl (C=O) groups excluding carboxylic acids is 1. The van der Waals surface area contributed by atoms with Gasteiger partial charge in [0.2, 0.25) is 0 Å². The van der Waals surface area contributed by atoms with Crippen molar-refractivity contribution in [3.05, 3.63) is 59.7 Å². The van der Waals surface area contributed by atoms with E-state index in [-0.39, 0.29) is 5.91 Å². The van der Waals surface area contributed by atoms with Gasteiger partial charge in [0.25, 0.3) is 5.91 Å². The van der Waals surface area contributed by atoms with E-state index in [0.29, 0.717) is 6.42 Å². The van der Waals surface area contributed by atoms with Gasteiger partial charge in [-0.15, -0.1) is 0 Å². The van der Waals surface area contributed by atoms with Gasteiger partial charge in [0, 0.05) is 5.69 Å². The van der Waals surface area contributed by atoms with Crippen LogP contribution in [0.2, 0.25) is 0 Å². The number of rotatable bonds is 3. The van der Waals surface area contributed by atoms with Crippen molar-refractivity contribution >= 4 is 11.6 Å². The van der Waals surface area contributed by atoms with E-state index in [4.69, 9.17) is 4.74 Å². The second kappa shape index (κ2) is 6.00. The number of fused-ring (bicyclic) bond motifs is 1. The van der Waals surface area contributed by atoms with E-state index in [1.54, 1.807) is 0 Å². The van der Waals surface area contributed by atoms with Crippen LogP contribution < -0.4 is 10.1 Å². The number of ether oxygens (including phenoxy) is 1. The molecule has 1 unspecified atom stereocenters. The second-order valence-corrected chi connectivity index (χ2v) is 5.25. The topological polar surface area (TPSA) is 38.3 Å². The quantitative estimate of drug-likeness (QED) is 0.933. The highest BCUT2D eigenvalue weighted by atomic mass is 16.5. The van der Waals surface area contributed by atoms with E-state index < -0.39 is 6.10 Å². The Morgan fingerprint density at radius 3 is 2.76 bits per heavy atom. The van der Waals surface area contributed by atoms with Gasteiger partial charge in [-0.25, -0.2) is 0 Å². The Bertz CT molecular complexity index is 651. The van der Waals surface area contributed by atoms with Crippen LogP contribution in [0.4, 0.5) is 5.69 Å². The van der Waals surface area contributed by atoms with Crippen LogP contribution >= 0.6 is 0 Å². The highest BCUT2D eigenvalue weighted by Gasteiger charge is 2.25. The normalized spacial score (nSPS) is 17.6. The molecule has 1 heterocycles. The van der Waals surface area contributed by atoms with Gasteiger partial charge >= 0.3 is 0 Å². The zero-order valence-corrected chi connectivity index (χ0v) is 12.1. The molecule has 3 heteroatoms. The summed E-state index contributed by atoms with van der Waals surface area (Å²) in [6.07, 6.45) is 1.99. The SMILES string of the molecule is CCc1ccccc1OC1CCc2ccccc2NC1=O. The Labute approximate surface area is 124 Å². The summed E-state index contributed by atoms with van der Waals surface area (Å²) in [6.45, 7) is 2.09. The molecule has 0 aromatic heterocycles. The number of nitrogens with one attached hydrogen (secondary N) is 1. The highest BCUT2D eigenvalue weighted by Crippen LogP contribution is 2.26. The number of amides is 1. The third kappa shape index (κ3) is 2.92. The lowest BCUT2D eigenvalue weighted by molar-refractivity contribution is -0.122. The first-order valence-corrected chi connectivity index (χ1v) is 7.41. The van der Waals surface area contributed by atoms with E-state index in [0.717, 1.165) is 29.8 Å². The molecule has 108 valence electrons. The van der Waals surface area contributed by atoms with Crippen LogP contribution in [0, 0.1) is 0 Å². The van der Waals surface area contributed by atoms with Crippen molar-refractivity contribution in [1.82, 2.24) is 0 Å². The van der Waals surface area contributed by atoms with Crippen molar-refractivity contribution < 1.29 is 9.53 Å². The molecule has 1 aliphatic heterocycles. The van der Waals surface area contributed by atoms with Gasteiger partial charge in [-0.3, -0.25) is 4.79 Å². The molecule has 0 saturated heterocycles. The van der Waals surface area contributed by atoms with E-state index in [2.05, 4.69) is 18.3 Å². The van der Waals surface area contributed by atoms with Crippen LogP contribution in [-0.2, 0) is 17.6 Å². The monoisotopic (exact) mass is 281 g/mol. The molecule has 3 rings (SSSR count). The Morgan fingerprint density at radius 2 is 1.90 bits per heavy atom. The molecule has 0 fully saturated rings. The maximum absolute atomic E-state index is 12.3. The summed E-state index contributed by atoms with van der Waals surface area (Å²) in [5.74, 6) is 0.747. The molecule has 21 heavy (non-hydrogen) atoms. The summed E-state index contributed by atoms with van der Waals surface area (Å²) in [5, 5.41) is 2.97. The van der Waals surface area contributed by atoms with Gasteiger partial charge in [-0.05, 0) is 42.5 Å². The molecule has 1 amide bonds. The molecule has 2 aromatic carbocycles. The van der Waals surface area contributed by atoms with Crippen LogP contribution in [0.3, 0.4) is 0 Å². The summed E-state index contributed by atoms with van der Waals surface area (Å²) in [7, 11) is 0. The lowest BCUT2D eigenvalue weighted by Crippen LogP contribution is -2.32. The van der Waals surface area contributed by atoms with Crippen molar-refractivity contribution in [2.45, 2.75) is 32.3 Å². The number of anilines is 1. The van der Waals surface area contributed by atoms with Crippen LogP contribution in [0.1, 0.15) is 24.5 Å². The van der Waals surface area contributed by atoms with Gasteiger partial charge in [-0.2, -0.15) is 0 Å². The van der Waals surface area contributed by atoms with Crippen molar-refractivity contribution in [2.24, 2.45) is 0 Å². The van der Waals surface area contributed by atoms with Crippen molar-refractivity contribution in [3.63, 3.8) is 0 Å². The number of hydrogen-bond acceptors (Lipinski definition) is 2. The summed E-state index contributed by atoms with van der Waals surface area (Å²) < 4.78 is 5.99. The average molecular weight is 281 g/mol. The summed E-state index contributed by atoms with van der Waals surface area (Å²) >= 11 is 0. The number of para-hydroxylation sites is 2. The molecule has 0 radical (unpaired) electrons. The fourth-order valence-corrected chi connectivity index (χ4v) is 2.67. The van der Waals surface area contributed by atoms with Crippen molar-refractivity contribution in [2.75, 3.05) is 5.32 Å². The smallest absolute Gasteiger partial charge is 0.265 e. The molecule has 0 bridgehead atoms. The van der Waals surface area contributed by atoms with Gasteiger partial charge in [-0.1, -0.05) is 43.3 Å². The molecule has 0 spiro atoms. The lowest BCUT2D eigenvalue weighted by atomic mass is 10.1. The zero-order chi connectivity index (χ0) is 14.7. The third-order valence-electron chi connectivity index (χ3n) is 3.87. The molecule has 3 nitrogen and oxygen atoms in total. The molecular weight excluding hydrogens is 262 g/mol. The van der Waals surface area contributed by atoms with Crippen molar-refractivity contribution in [1.29, 1.82) is 0 Å². The number of hydrogen-bond donors (Lipinski definition) is 1. The minimum Gasteiger partial charge on any atom is -0.480 e. The molecular formula is C18H19NO2. The fourth-order valence-electron chi connectivity index (χ4n) is 2.67. The van der Waals surface area contributed by atoms with E-state index in [1.165, 1.54) is 5.56 Å². The molecule has 1 atom stereocenters. The van der Waals surface area contributed by atoms with E-state index >= 15 is 0 Å². The number of benzene rings is 2. The minimum absolute atomic E-state index is 0.0640. The summed E-state index contributed by atoms with van der Waals surface area (Å²) in [4.78, 5) is 12.3.